The van der Waals surface area contributed by atoms with Crippen molar-refractivity contribution in [3.63, 3.8) is 0 Å². The molecular weight excluding hydrogens is 905 g/mol. The van der Waals surface area contributed by atoms with Gasteiger partial charge in [0.2, 0.25) is 0 Å². The van der Waals surface area contributed by atoms with Gasteiger partial charge in [0, 0.05) is 88.4 Å². The molecule has 0 aliphatic heterocycles. The van der Waals surface area contributed by atoms with Gasteiger partial charge in [-0.05, 0) is 146 Å². The van der Waals surface area contributed by atoms with E-state index in [0.29, 0.717) is 22.3 Å². The van der Waals surface area contributed by atoms with Crippen LogP contribution >= 0.6 is 0 Å². The molecule has 4 aromatic heterocycles. The van der Waals surface area contributed by atoms with E-state index in [1.165, 1.54) is 49.4 Å². The molecule has 0 amide bonds. The van der Waals surface area contributed by atoms with Crippen LogP contribution in [0.3, 0.4) is 0 Å². The fourth-order valence-electron chi connectivity index (χ4n) is 12.1. The summed E-state index contributed by atoms with van der Waals surface area (Å²) in [5, 5.41) is 8.41. The molecule has 0 unspecified atom stereocenters. The van der Waals surface area contributed by atoms with Gasteiger partial charge in [-0.1, -0.05) is 115 Å². The molecule has 0 atom stereocenters. The first-order chi connectivity index (χ1) is 36.6. The summed E-state index contributed by atoms with van der Waals surface area (Å²) in [5.74, 6) is -0.284. The number of allylic oxidation sites excluding steroid dienone is 1. The van der Waals surface area contributed by atoms with E-state index in [1.54, 1.807) is 24.3 Å². The van der Waals surface area contributed by atoms with Gasteiger partial charge in [0.15, 0.2) is 11.6 Å². The second-order valence-corrected chi connectivity index (χ2v) is 19.5. The maximum absolute atomic E-state index is 14.2. The van der Waals surface area contributed by atoms with Gasteiger partial charge in [-0.3, -0.25) is 9.59 Å². The first-order valence-electron chi connectivity index (χ1n) is 25.3. The average Bonchev–Trinajstić information content (AvgIpc) is 4.20. The van der Waals surface area contributed by atoms with E-state index < -0.39 is 0 Å². The van der Waals surface area contributed by atoms with Gasteiger partial charge < -0.3 is 18.3 Å². The highest BCUT2D eigenvalue weighted by molar-refractivity contribution is 6.15. The topological polar surface area (TPSA) is 53.9 Å². The van der Waals surface area contributed by atoms with Gasteiger partial charge in [-0.2, -0.15) is 0 Å². The molecule has 6 nitrogen and oxygen atoms in total. The predicted octanol–water partition coefficient (Wildman–Crippen LogP) is 16.3. The number of carbonyl (C=O) groups excluding carboxylic acids is 2. The lowest BCUT2D eigenvalue weighted by atomic mass is 9.97. The minimum Gasteiger partial charge on any atom is -0.310 e. The van der Waals surface area contributed by atoms with Crippen molar-refractivity contribution in [2.45, 2.75) is 12.8 Å². The summed E-state index contributed by atoms with van der Waals surface area (Å²) < 4.78 is 9.31. The Bertz CT molecular complexity index is 4640. The first-order valence-corrected chi connectivity index (χ1v) is 25.3. The monoisotopic (exact) mass is 948 g/mol. The minimum absolute atomic E-state index is 0.141. The summed E-state index contributed by atoms with van der Waals surface area (Å²) in [7, 11) is 0. The normalized spacial score (nSPS) is 12.5. The van der Waals surface area contributed by atoms with E-state index in [4.69, 9.17) is 0 Å². The molecule has 14 aromatic rings. The molecule has 0 saturated heterocycles. The number of rotatable bonds is 8. The standard InChI is InChI=1S/C68H44N4O2/c73-67(43-28-32-47(33-29-43)69-63-26-11-5-20-55(63)57-41-49(36-38-65(57)69)71-59-22-7-1-16-51(59)52-17-2-8-23-60(52)71)45-14-13-15-46(40-45)68(74)44-30-34-48(35-31-44)70-64-27-12-6-21-56(64)58-42-50(37-39-66(58)70)72-61-24-9-3-18-53(61)54-19-4-10-25-62(54)72/h1-3,5-18,20-42H,4,19H2. The highest BCUT2D eigenvalue weighted by Gasteiger charge is 2.22. The van der Waals surface area contributed by atoms with Crippen molar-refractivity contribution in [3.8, 4) is 22.7 Å². The molecule has 0 radical (unpaired) electrons. The Labute approximate surface area is 425 Å². The number of hydrogen-bond donors (Lipinski definition) is 0. The van der Waals surface area contributed by atoms with Crippen LogP contribution in [0.1, 0.15) is 49.5 Å². The van der Waals surface area contributed by atoms with E-state index in [0.717, 1.165) is 73.8 Å². The molecule has 0 saturated carbocycles. The van der Waals surface area contributed by atoms with Crippen LogP contribution in [0.25, 0.3) is 105 Å². The molecule has 15 rings (SSSR count). The fraction of sp³-hybridized carbons (Fsp3) is 0.0294. The van der Waals surface area contributed by atoms with Gasteiger partial charge in [-0.15, -0.1) is 0 Å². The molecule has 0 fully saturated rings. The maximum atomic E-state index is 14.2. The molecule has 74 heavy (non-hydrogen) atoms. The van der Waals surface area contributed by atoms with Crippen LogP contribution in [0.2, 0.25) is 0 Å². The summed E-state index contributed by atoms with van der Waals surface area (Å²) in [5.41, 5.74) is 16.8. The van der Waals surface area contributed by atoms with Crippen LogP contribution in [-0.4, -0.2) is 29.8 Å². The molecule has 0 N–H and O–H groups in total. The van der Waals surface area contributed by atoms with Crippen LogP contribution in [0.15, 0.2) is 237 Å². The van der Waals surface area contributed by atoms with Crippen LogP contribution < -0.4 is 0 Å². The van der Waals surface area contributed by atoms with Crippen molar-refractivity contribution in [3.05, 3.63) is 270 Å². The number of nitrogens with zero attached hydrogens (tertiary/aromatic N) is 4. The van der Waals surface area contributed by atoms with Gasteiger partial charge >= 0.3 is 0 Å². The van der Waals surface area contributed by atoms with Crippen molar-refractivity contribution in [1.29, 1.82) is 0 Å². The van der Waals surface area contributed by atoms with Crippen molar-refractivity contribution in [2.24, 2.45) is 0 Å². The average molecular weight is 949 g/mol. The van der Waals surface area contributed by atoms with Gasteiger partial charge in [-0.25, -0.2) is 0 Å². The first kappa shape index (κ1) is 42.0. The van der Waals surface area contributed by atoms with E-state index in [2.05, 4.69) is 188 Å². The van der Waals surface area contributed by atoms with Crippen LogP contribution in [0, 0.1) is 0 Å². The number of aryl methyl sites for hydroxylation is 1. The molecule has 1 aliphatic carbocycles. The molecule has 0 bridgehead atoms. The van der Waals surface area contributed by atoms with Gasteiger partial charge in [0.25, 0.3) is 0 Å². The molecule has 1 aliphatic rings. The molecule has 348 valence electrons. The van der Waals surface area contributed by atoms with E-state index in [1.807, 2.05) is 48.5 Å². The number of para-hydroxylation sites is 5. The second kappa shape index (κ2) is 16.4. The Kier molecular flexibility index (Phi) is 9.29. The van der Waals surface area contributed by atoms with Crippen molar-refractivity contribution in [1.82, 2.24) is 18.3 Å². The highest BCUT2D eigenvalue weighted by Crippen LogP contribution is 2.40. The third-order valence-electron chi connectivity index (χ3n) is 15.4. The molecule has 6 heteroatoms. The summed E-state index contributed by atoms with van der Waals surface area (Å²) in [4.78, 5) is 28.4. The lowest BCUT2D eigenvalue weighted by Crippen LogP contribution is -2.06. The van der Waals surface area contributed by atoms with Crippen molar-refractivity contribution in [2.75, 3.05) is 0 Å². The van der Waals surface area contributed by atoms with Crippen molar-refractivity contribution >= 4 is 94.0 Å². The Hall–Kier alpha value is -9.78. The molecular formula is C68H44N4O2. The van der Waals surface area contributed by atoms with E-state index in [9.17, 15) is 9.59 Å². The van der Waals surface area contributed by atoms with Crippen LogP contribution in [-0.2, 0) is 6.42 Å². The lowest BCUT2D eigenvalue weighted by molar-refractivity contribution is 0.103. The zero-order valence-electron chi connectivity index (χ0n) is 40.1. The highest BCUT2D eigenvalue weighted by atomic mass is 16.1. The third kappa shape index (κ3) is 6.31. The van der Waals surface area contributed by atoms with E-state index in [-0.39, 0.29) is 11.6 Å². The van der Waals surface area contributed by atoms with Gasteiger partial charge in [0.1, 0.15) is 0 Å². The number of benzene rings is 10. The smallest absolute Gasteiger partial charge is 0.193 e. The summed E-state index contributed by atoms with van der Waals surface area (Å²) in [6.45, 7) is 0. The molecule has 0 spiro atoms. The summed E-state index contributed by atoms with van der Waals surface area (Å²) in [6, 6.07) is 79.1. The Morgan fingerprint density at radius 1 is 0.297 bits per heavy atom. The number of carbonyl (C=O) groups is 2. The number of hydrogen-bond acceptors (Lipinski definition) is 2. The van der Waals surface area contributed by atoms with E-state index >= 15 is 0 Å². The number of ketones is 2. The third-order valence-corrected chi connectivity index (χ3v) is 15.4. The minimum atomic E-state index is -0.143. The maximum Gasteiger partial charge on any atom is 0.193 e. The largest absolute Gasteiger partial charge is 0.310 e. The summed E-state index contributed by atoms with van der Waals surface area (Å²) >= 11 is 0. The zero-order chi connectivity index (χ0) is 49.0. The zero-order valence-corrected chi connectivity index (χ0v) is 40.1. The Balaban J connectivity index is 0.719. The Morgan fingerprint density at radius 2 is 0.662 bits per heavy atom. The fourth-order valence-corrected chi connectivity index (χ4v) is 12.1. The van der Waals surface area contributed by atoms with Gasteiger partial charge in [0.05, 0.1) is 38.6 Å². The Morgan fingerprint density at radius 3 is 1.14 bits per heavy atom. The second-order valence-electron chi connectivity index (χ2n) is 19.5. The van der Waals surface area contributed by atoms with Crippen LogP contribution in [0.5, 0.6) is 0 Å². The molecule has 4 heterocycles. The quantitative estimate of drug-likeness (QED) is 0.143. The van der Waals surface area contributed by atoms with Crippen LogP contribution in [0.4, 0.5) is 0 Å². The number of fused-ring (bicyclic) bond motifs is 12. The molecule has 10 aromatic carbocycles. The predicted molar refractivity (Wildman–Crippen MR) is 303 cm³/mol. The number of aromatic nitrogens is 4. The lowest BCUT2D eigenvalue weighted by Gasteiger charge is -2.13. The van der Waals surface area contributed by atoms with Crippen molar-refractivity contribution < 1.29 is 9.59 Å². The summed E-state index contributed by atoms with van der Waals surface area (Å²) in [6.07, 6.45) is 6.65. The SMILES string of the molecule is O=C(c1ccc(-n2c3ccccc3c3cc(-n4c5c(c6ccccc64)CCC=C5)ccc32)cc1)c1cccc(C(=O)c2ccc(-n3c4ccccc4c4cc(-n5c6ccccc6c6ccccc65)ccc43)cc2)c1.